The molecule has 3 aliphatic heterocycles. The van der Waals surface area contributed by atoms with Crippen LogP contribution in [-0.4, -0.2) is 65.9 Å². The molecule has 1 fully saturated rings. The molecule has 1 saturated carbocycles. The normalized spacial score (nSPS) is 28.3. The second-order valence-corrected chi connectivity index (χ2v) is 17.9. The van der Waals surface area contributed by atoms with E-state index in [4.69, 9.17) is 25.8 Å². The van der Waals surface area contributed by atoms with E-state index in [2.05, 4.69) is 42.8 Å². The molecule has 2 amide bonds. The van der Waals surface area contributed by atoms with Crippen LogP contribution in [0.3, 0.4) is 0 Å². The number of hydrogen-bond acceptors (Lipinski definition) is 7. The molecule has 54 heavy (non-hydrogen) atoms. The van der Waals surface area contributed by atoms with Crippen molar-refractivity contribution in [2.45, 2.75) is 90.0 Å². The van der Waals surface area contributed by atoms with Crippen molar-refractivity contribution in [3.63, 3.8) is 0 Å². The van der Waals surface area contributed by atoms with Gasteiger partial charge in [-0.15, -0.1) is 4.36 Å². The Morgan fingerprint density at radius 1 is 1.04 bits per heavy atom. The number of aryl methyl sites for hydroxylation is 2. The minimum absolute atomic E-state index is 0.0113. The van der Waals surface area contributed by atoms with Crippen LogP contribution in [0.4, 0.5) is 5.69 Å². The number of hydrogen-bond donors (Lipinski definition) is 1. The maximum Gasteiger partial charge on any atom is 0.286 e. The zero-order valence-electron chi connectivity index (χ0n) is 31.6. The Balaban J connectivity index is 1.28. The first-order chi connectivity index (χ1) is 26.1. The lowest BCUT2D eigenvalue weighted by Crippen LogP contribution is -2.43. The fourth-order valence-electron chi connectivity index (χ4n) is 8.46. The van der Waals surface area contributed by atoms with Crippen LogP contribution in [0.1, 0.15) is 89.4 Å². The van der Waals surface area contributed by atoms with Crippen LogP contribution < -0.4 is 14.4 Å². The minimum atomic E-state index is -3.55. The van der Waals surface area contributed by atoms with Gasteiger partial charge < -0.3 is 23.7 Å². The van der Waals surface area contributed by atoms with E-state index in [9.17, 15) is 13.8 Å². The summed E-state index contributed by atoms with van der Waals surface area (Å²) in [4.78, 5) is 30.3. The van der Waals surface area contributed by atoms with Crippen LogP contribution in [0.2, 0.25) is 5.02 Å². The van der Waals surface area contributed by atoms with E-state index in [1.54, 1.807) is 26.5 Å². The maximum atomic E-state index is 14.8. The van der Waals surface area contributed by atoms with Gasteiger partial charge in [-0.1, -0.05) is 36.7 Å². The summed E-state index contributed by atoms with van der Waals surface area (Å²) in [6.07, 6.45) is 14.0. The standard InChI is InChI=1S/C42H53ClN4O6S/c1-28-8-6-11-39(52-3)37-16-13-32(37)25-47-24-31-12-15-34(43)20-29(31)9-4-5-19-53-40-17-14-30(22-38(40)47)41(48)44-54(50,27-28)45-42(49)33-21-35-23-36(51-2)10-7-18-46(35)26-33/h6,11-12,14-15,17,20-22,26,28,32,36-37,39H,4-5,7-10,13,16,18-19,23-25,27H2,1-3H3,(H,44,45,48,49,50)/b11-6+/t28-,32-,36?,37+,39-,54-/m0/s1. The molecule has 3 aromatic rings. The Morgan fingerprint density at radius 2 is 1.91 bits per heavy atom. The smallest absolute Gasteiger partial charge is 0.286 e. The monoisotopic (exact) mass is 776 g/mol. The molecule has 1 unspecified atom stereocenters. The summed E-state index contributed by atoms with van der Waals surface area (Å²) >= 11 is 6.49. The van der Waals surface area contributed by atoms with E-state index in [0.29, 0.717) is 54.2 Å². The van der Waals surface area contributed by atoms with E-state index in [1.807, 2.05) is 31.2 Å². The molecule has 0 radical (unpaired) electrons. The predicted octanol–water partition coefficient (Wildman–Crippen LogP) is 7.80. The molecule has 2 aromatic carbocycles. The minimum Gasteiger partial charge on any atom is -0.491 e. The van der Waals surface area contributed by atoms with E-state index < -0.39 is 21.7 Å². The number of carbonyl (C=O) groups excluding carboxylic acids is 2. The highest BCUT2D eigenvalue weighted by Crippen LogP contribution is 2.42. The molecule has 4 heterocycles. The SMILES string of the molecule is COC1CCCn2cc(C(=O)N[S@@]3(=O)=NC(=O)c4ccc5c(c4)N(Cc4ccc(Cl)cc4CCCCO5)C[C@@H]4CC[C@H]4[C@@H](OC)/C=C/C[C@H](C)C3)cc2C1. The van der Waals surface area contributed by atoms with Gasteiger partial charge in [0.25, 0.3) is 11.8 Å². The Bertz CT molecular complexity index is 2000. The molecular weight excluding hydrogens is 724 g/mol. The molecule has 0 saturated heterocycles. The van der Waals surface area contributed by atoms with Crippen LogP contribution in [0.15, 0.2) is 65.2 Å². The van der Waals surface area contributed by atoms with Crippen LogP contribution in [0.25, 0.3) is 0 Å². The number of rotatable bonds is 4. The van der Waals surface area contributed by atoms with Crippen molar-refractivity contribution in [2.24, 2.45) is 22.1 Å². The van der Waals surface area contributed by atoms with Crippen molar-refractivity contribution in [1.82, 2.24) is 9.29 Å². The third kappa shape index (κ3) is 8.91. The third-order valence-electron chi connectivity index (χ3n) is 11.6. The predicted molar refractivity (Wildman–Crippen MR) is 213 cm³/mol. The summed E-state index contributed by atoms with van der Waals surface area (Å²) in [5, 5.41) is 0.716. The number of fused-ring (bicyclic) bond motifs is 4. The fraction of sp³-hybridized carbons (Fsp3) is 0.524. The van der Waals surface area contributed by atoms with Gasteiger partial charge in [-0.3, -0.25) is 14.3 Å². The van der Waals surface area contributed by atoms with Crippen molar-refractivity contribution in [1.29, 1.82) is 0 Å². The zero-order chi connectivity index (χ0) is 37.8. The molecule has 6 atom stereocenters. The maximum absolute atomic E-state index is 14.8. The van der Waals surface area contributed by atoms with Gasteiger partial charge in [0.15, 0.2) is 0 Å². The lowest BCUT2D eigenvalue weighted by molar-refractivity contribution is 0.0133. The number of ether oxygens (including phenoxy) is 3. The Labute approximate surface area is 324 Å². The number of carbonyl (C=O) groups is 2. The molecule has 7 rings (SSSR count). The summed E-state index contributed by atoms with van der Waals surface area (Å²) in [6.45, 7) is 4.61. The molecular formula is C42H53ClN4O6S. The van der Waals surface area contributed by atoms with E-state index >= 15 is 0 Å². The number of allylic oxidation sites excluding steroid dienone is 1. The Hall–Kier alpha value is -3.64. The number of nitrogens with zero attached hydrogens (tertiary/aromatic N) is 3. The Kier molecular flexibility index (Phi) is 12.2. The Morgan fingerprint density at radius 3 is 2.70 bits per heavy atom. The average molecular weight is 777 g/mol. The van der Waals surface area contributed by atoms with Gasteiger partial charge in [0.1, 0.15) is 15.7 Å². The highest BCUT2D eigenvalue weighted by atomic mass is 35.5. The second kappa shape index (κ2) is 17.0. The molecule has 10 nitrogen and oxygen atoms in total. The lowest BCUT2D eigenvalue weighted by atomic mass is 9.70. The molecule has 290 valence electrons. The number of amides is 2. The van der Waals surface area contributed by atoms with E-state index in [1.165, 1.54) is 11.1 Å². The summed E-state index contributed by atoms with van der Waals surface area (Å²) in [5.41, 5.74) is 4.86. The highest BCUT2D eigenvalue weighted by molar-refractivity contribution is 7.92. The lowest BCUT2D eigenvalue weighted by Gasteiger charge is -2.43. The first-order valence-corrected chi connectivity index (χ1v) is 21.5. The quantitative estimate of drug-likeness (QED) is 0.269. The number of methoxy groups -OCH3 is 2. The van der Waals surface area contributed by atoms with Crippen molar-refractivity contribution in [2.75, 3.05) is 38.0 Å². The third-order valence-corrected chi connectivity index (χ3v) is 13.8. The number of benzene rings is 2. The van der Waals surface area contributed by atoms with Gasteiger partial charge in [-0.2, -0.15) is 0 Å². The number of aromatic nitrogens is 1. The highest BCUT2D eigenvalue weighted by Gasteiger charge is 2.38. The molecule has 1 aliphatic carbocycles. The van der Waals surface area contributed by atoms with Crippen molar-refractivity contribution in [3.05, 3.63) is 93.8 Å². The number of halogens is 1. The first kappa shape index (κ1) is 38.6. The molecule has 4 aliphatic rings. The van der Waals surface area contributed by atoms with Crippen molar-refractivity contribution >= 4 is 39.0 Å². The van der Waals surface area contributed by atoms with Gasteiger partial charge in [0.2, 0.25) is 0 Å². The summed E-state index contributed by atoms with van der Waals surface area (Å²) in [5.74, 6) is 0.0807. The largest absolute Gasteiger partial charge is 0.491 e. The van der Waals surface area contributed by atoms with Gasteiger partial charge in [0.05, 0.1) is 35.8 Å². The topological polar surface area (TPSA) is 111 Å². The van der Waals surface area contributed by atoms with E-state index in [-0.39, 0.29) is 29.4 Å². The number of nitrogens with one attached hydrogen (secondary N) is 1. The zero-order valence-corrected chi connectivity index (χ0v) is 33.2. The first-order valence-electron chi connectivity index (χ1n) is 19.4. The van der Waals surface area contributed by atoms with Gasteiger partial charge in [-0.05, 0) is 117 Å². The van der Waals surface area contributed by atoms with Crippen molar-refractivity contribution < 1.29 is 28.0 Å². The molecule has 2 bridgehead atoms. The average Bonchev–Trinajstić information content (AvgIpc) is 3.42. The fourth-order valence-corrected chi connectivity index (χ4v) is 10.5. The summed E-state index contributed by atoms with van der Waals surface area (Å²) < 4.78 is 42.1. The van der Waals surface area contributed by atoms with Crippen LogP contribution >= 0.6 is 11.6 Å². The summed E-state index contributed by atoms with van der Waals surface area (Å²) in [6, 6.07) is 13.3. The molecule has 1 aromatic heterocycles. The molecule has 12 heteroatoms. The van der Waals surface area contributed by atoms with E-state index in [0.717, 1.165) is 69.4 Å². The van der Waals surface area contributed by atoms with Gasteiger partial charge >= 0.3 is 0 Å². The van der Waals surface area contributed by atoms with Gasteiger partial charge in [0, 0.05) is 62.8 Å². The summed E-state index contributed by atoms with van der Waals surface area (Å²) in [7, 11) is -0.0786. The van der Waals surface area contributed by atoms with Crippen LogP contribution in [-0.2, 0) is 45.3 Å². The second-order valence-electron chi connectivity index (χ2n) is 15.5. The molecule has 0 spiro atoms. The molecule has 1 N–H and O–H groups in total. The van der Waals surface area contributed by atoms with Crippen molar-refractivity contribution in [3.8, 4) is 5.75 Å². The van der Waals surface area contributed by atoms with Crippen LogP contribution in [0, 0.1) is 17.8 Å². The number of anilines is 1. The van der Waals surface area contributed by atoms with Gasteiger partial charge in [-0.25, -0.2) is 4.21 Å². The van der Waals surface area contributed by atoms with Crippen LogP contribution in [0.5, 0.6) is 5.75 Å².